The van der Waals surface area contributed by atoms with Crippen molar-refractivity contribution in [2.24, 2.45) is 5.92 Å². The molecular weight excluding hydrogens is 384 g/mol. The predicted octanol–water partition coefficient (Wildman–Crippen LogP) is 6.07. The number of carbonyl (C=O) groups is 1. The van der Waals surface area contributed by atoms with E-state index in [9.17, 15) is 4.79 Å². The maximum atomic E-state index is 13.2. The van der Waals surface area contributed by atoms with Crippen molar-refractivity contribution in [1.29, 1.82) is 0 Å². The molecule has 2 aliphatic rings. The fraction of sp³-hybridized carbons (Fsp3) is 0.538. The lowest BCUT2D eigenvalue weighted by molar-refractivity contribution is 0.0980. The molecule has 1 fully saturated rings. The van der Waals surface area contributed by atoms with Crippen LogP contribution in [0.25, 0.3) is 10.9 Å². The van der Waals surface area contributed by atoms with Crippen molar-refractivity contribution < 1.29 is 4.79 Å². The van der Waals surface area contributed by atoms with E-state index >= 15 is 0 Å². The van der Waals surface area contributed by atoms with Gasteiger partial charge >= 0.3 is 0 Å². The summed E-state index contributed by atoms with van der Waals surface area (Å²) >= 11 is 0. The van der Waals surface area contributed by atoms with Crippen LogP contribution in [0.2, 0.25) is 0 Å². The Kier molecular flexibility index (Phi) is 5.37. The molecule has 1 saturated carbocycles. The number of hydrogen-bond donors (Lipinski definition) is 2. The SMILES string of the molecule is CC1(C)CC(C2CCCCC2)Nc2c(C(=O)CCCc3c[nH]c4ccccc34)cnn21. The number of anilines is 1. The van der Waals surface area contributed by atoms with Crippen molar-refractivity contribution in [2.45, 2.75) is 83.2 Å². The number of benzene rings is 1. The normalized spacial score (nSPS) is 21.0. The number of hydrogen-bond acceptors (Lipinski definition) is 3. The second-order valence-corrected chi connectivity index (χ2v) is 10.1. The van der Waals surface area contributed by atoms with Crippen LogP contribution in [0.3, 0.4) is 0 Å². The van der Waals surface area contributed by atoms with E-state index in [-0.39, 0.29) is 11.3 Å². The van der Waals surface area contributed by atoms with Gasteiger partial charge in [0, 0.05) is 29.6 Å². The number of nitrogens with zero attached hydrogens (tertiary/aromatic N) is 2. The molecule has 1 atom stereocenters. The Morgan fingerprint density at radius 1 is 1.19 bits per heavy atom. The Morgan fingerprint density at radius 3 is 2.84 bits per heavy atom. The molecule has 0 spiro atoms. The summed E-state index contributed by atoms with van der Waals surface area (Å²) in [6.07, 6.45) is 13.9. The summed E-state index contributed by atoms with van der Waals surface area (Å²) in [6.45, 7) is 4.51. The highest BCUT2D eigenvalue weighted by Gasteiger charge is 2.39. The molecule has 1 aromatic carbocycles. The van der Waals surface area contributed by atoms with Gasteiger partial charge in [0.1, 0.15) is 5.82 Å². The zero-order chi connectivity index (χ0) is 21.4. The maximum absolute atomic E-state index is 13.2. The second-order valence-electron chi connectivity index (χ2n) is 10.1. The summed E-state index contributed by atoms with van der Waals surface area (Å²) in [5.41, 5.74) is 3.16. The molecule has 5 nitrogen and oxygen atoms in total. The molecule has 2 aromatic heterocycles. The molecule has 31 heavy (non-hydrogen) atoms. The number of ketones is 1. The molecule has 3 aromatic rings. The third-order valence-electron chi connectivity index (χ3n) is 7.43. The van der Waals surface area contributed by atoms with Crippen LogP contribution >= 0.6 is 0 Å². The number of carbonyl (C=O) groups excluding carboxylic acids is 1. The number of fused-ring (bicyclic) bond motifs is 2. The molecule has 0 bridgehead atoms. The summed E-state index contributed by atoms with van der Waals surface area (Å²) in [7, 11) is 0. The summed E-state index contributed by atoms with van der Waals surface area (Å²) in [6, 6.07) is 8.80. The molecule has 0 amide bonds. The van der Waals surface area contributed by atoms with Gasteiger partial charge in [0.15, 0.2) is 5.78 Å². The number of rotatable bonds is 6. The van der Waals surface area contributed by atoms with Crippen molar-refractivity contribution in [3.8, 4) is 0 Å². The highest BCUT2D eigenvalue weighted by Crippen LogP contribution is 2.40. The quantitative estimate of drug-likeness (QED) is 0.478. The lowest BCUT2D eigenvalue weighted by Gasteiger charge is -2.42. The minimum absolute atomic E-state index is 0.0642. The average Bonchev–Trinajstić information content (AvgIpc) is 3.39. The van der Waals surface area contributed by atoms with Gasteiger partial charge in [0.25, 0.3) is 0 Å². The summed E-state index contributed by atoms with van der Waals surface area (Å²) < 4.78 is 2.05. The van der Waals surface area contributed by atoms with Gasteiger partial charge in [-0.1, -0.05) is 37.5 Å². The Morgan fingerprint density at radius 2 is 2.00 bits per heavy atom. The molecular formula is C26H34N4O. The highest BCUT2D eigenvalue weighted by molar-refractivity contribution is 6.00. The Bertz CT molecular complexity index is 1070. The third-order valence-corrected chi connectivity index (χ3v) is 7.43. The Labute approximate surface area is 184 Å². The molecule has 1 aliphatic heterocycles. The predicted molar refractivity (Wildman–Crippen MR) is 126 cm³/mol. The summed E-state index contributed by atoms with van der Waals surface area (Å²) in [5.74, 6) is 1.86. The Balaban J connectivity index is 1.29. The summed E-state index contributed by atoms with van der Waals surface area (Å²) in [4.78, 5) is 16.5. The number of aromatic amines is 1. The maximum Gasteiger partial charge on any atom is 0.168 e. The van der Waals surface area contributed by atoms with E-state index in [1.54, 1.807) is 6.20 Å². The molecule has 164 valence electrons. The van der Waals surface area contributed by atoms with Crippen LogP contribution in [0.15, 0.2) is 36.7 Å². The number of nitrogens with one attached hydrogen (secondary N) is 2. The summed E-state index contributed by atoms with van der Waals surface area (Å²) in [5, 5.41) is 9.65. The number of para-hydroxylation sites is 1. The van der Waals surface area contributed by atoms with E-state index in [0.29, 0.717) is 18.4 Å². The fourth-order valence-corrected chi connectivity index (χ4v) is 5.74. The molecule has 0 radical (unpaired) electrons. The van der Waals surface area contributed by atoms with E-state index in [1.165, 1.54) is 43.1 Å². The van der Waals surface area contributed by atoms with Crippen molar-refractivity contribution in [3.63, 3.8) is 0 Å². The topological polar surface area (TPSA) is 62.7 Å². The monoisotopic (exact) mass is 418 g/mol. The zero-order valence-corrected chi connectivity index (χ0v) is 18.8. The number of aromatic nitrogens is 3. The Hall–Kier alpha value is -2.56. The van der Waals surface area contributed by atoms with Gasteiger partial charge in [-0.15, -0.1) is 0 Å². The first kappa shape index (κ1) is 20.3. The third kappa shape index (κ3) is 3.90. The minimum Gasteiger partial charge on any atom is -0.367 e. The van der Waals surface area contributed by atoms with E-state index in [1.807, 2.05) is 6.07 Å². The minimum atomic E-state index is -0.0642. The van der Waals surface area contributed by atoms with E-state index in [0.717, 1.165) is 36.2 Å². The molecule has 2 N–H and O–H groups in total. The van der Waals surface area contributed by atoms with Gasteiger partial charge in [0.05, 0.1) is 17.3 Å². The van der Waals surface area contributed by atoms with Crippen LogP contribution in [0, 0.1) is 5.92 Å². The molecule has 1 unspecified atom stereocenters. The lowest BCUT2D eigenvalue weighted by Crippen LogP contribution is -2.45. The average molecular weight is 419 g/mol. The van der Waals surface area contributed by atoms with E-state index < -0.39 is 0 Å². The number of aryl methyl sites for hydroxylation is 1. The van der Waals surface area contributed by atoms with Crippen molar-refractivity contribution in [2.75, 3.05) is 5.32 Å². The fourth-order valence-electron chi connectivity index (χ4n) is 5.74. The number of Topliss-reactive ketones (excluding diaryl/α,β-unsaturated/α-hetero) is 1. The van der Waals surface area contributed by atoms with Gasteiger partial charge in [-0.2, -0.15) is 5.10 Å². The zero-order valence-electron chi connectivity index (χ0n) is 18.8. The van der Waals surface area contributed by atoms with Gasteiger partial charge in [-0.05, 0) is 63.5 Å². The van der Waals surface area contributed by atoms with Crippen LogP contribution in [-0.2, 0) is 12.0 Å². The molecule has 5 rings (SSSR count). The first-order valence-corrected chi connectivity index (χ1v) is 12.0. The van der Waals surface area contributed by atoms with Gasteiger partial charge in [0.2, 0.25) is 0 Å². The highest BCUT2D eigenvalue weighted by atomic mass is 16.1. The smallest absolute Gasteiger partial charge is 0.168 e. The van der Waals surface area contributed by atoms with Gasteiger partial charge in [-0.3, -0.25) is 4.79 Å². The van der Waals surface area contributed by atoms with E-state index in [4.69, 9.17) is 0 Å². The van der Waals surface area contributed by atoms with Crippen LogP contribution in [-0.4, -0.2) is 26.6 Å². The second kappa shape index (κ2) is 8.18. The molecule has 5 heteroatoms. The van der Waals surface area contributed by atoms with E-state index in [2.05, 4.69) is 58.3 Å². The van der Waals surface area contributed by atoms with Crippen LogP contribution in [0.1, 0.15) is 81.1 Å². The van der Waals surface area contributed by atoms with Crippen molar-refractivity contribution in [3.05, 3.63) is 47.8 Å². The van der Waals surface area contributed by atoms with Crippen LogP contribution in [0.4, 0.5) is 5.82 Å². The largest absolute Gasteiger partial charge is 0.367 e. The first-order valence-electron chi connectivity index (χ1n) is 12.0. The molecule has 3 heterocycles. The van der Waals surface area contributed by atoms with Crippen molar-refractivity contribution in [1.82, 2.24) is 14.8 Å². The van der Waals surface area contributed by atoms with Crippen LogP contribution < -0.4 is 5.32 Å². The van der Waals surface area contributed by atoms with Gasteiger partial charge in [-0.25, -0.2) is 4.68 Å². The number of H-pyrrole nitrogens is 1. The lowest BCUT2D eigenvalue weighted by atomic mass is 9.78. The standard InChI is InChI=1S/C26H34N4O/c1-26(2)15-23(18-9-4-3-5-10-18)29-25-21(17-28-30(25)26)24(31)14-8-11-19-16-27-22-13-7-6-12-20(19)22/h6-7,12-13,16-18,23,27,29H,3-5,8-11,14-15H2,1-2H3. The first-order chi connectivity index (χ1) is 15.0. The van der Waals surface area contributed by atoms with Gasteiger partial charge < -0.3 is 10.3 Å². The van der Waals surface area contributed by atoms with Crippen molar-refractivity contribution >= 4 is 22.5 Å². The van der Waals surface area contributed by atoms with Crippen LogP contribution in [0.5, 0.6) is 0 Å². The molecule has 0 saturated heterocycles. The molecule has 1 aliphatic carbocycles.